The highest BCUT2D eigenvalue weighted by Crippen LogP contribution is 2.51. The molecule has 7 nitrogen and oxygen atoms in total. The molecule has 2 atom stereocenters. The summed E-state index contributed by atoms with van der Waals surface area (Å²) in [6.07, 6.45) is 2.32. The molecule has 3 aromatic carbocycles. The average molecular weight is 539 g/mol. The zero-order chi connectivity index (χ0) is 28.2. The molecule has 0 N–H and O–H groups in total. The Kier molecular flexibility index (Phi) is 6.55. The summed E-state index contributed by atoms with van der Waals surface area (Å²) in [6, 6.07) is 24.1. The molecule has 6 rings (SSSR count). The van der Waals surface area contributed by atoms with Crippen molar-refractivity contribution in [1.82, 2.24) is 20.0 Å². The number of amides is 3. The number of nitrogens with zero attached hydrogens (tertiary/aromatic N) is 4. The number of hydrazine groups is 2. The van der Waals surface area contributed by atoms with E-state index in [1.54, 1.807) is 5.01 Å². The van der Waals surface area contributed by atoms with E-state index < -0.39 is 11.5 Å². The van der Waals surface area contributed by atoms with Gasteiger partial charge in [-0.25, -0.2) is 15.0 Å². The maximum atomic E-state index is 14.6. The van der Waals surface area contributed by atoms with E-state index in [2.05, 4.69) is 43.1 Å². The SMILES string of the molecule is CCC1(CC)CC(=O)N2C[C@@H](C(=O)N3C(=O)CC(C)(C)N3Cc3cccc4ccccc34)[C@@H](c3ccccc3)N21. The molecule has 0 aliphatic carbocycles. The van der Waals surface area contributed by atoms with Gasteiger partial charge in [-0.05, 0) is 48.6 Å². The molecule has 3 aliphatic rings. The number of fused-ring (bicyclic) bond motifs is 2. The Labute approximate surface area is 236 Å². The van der Waals surface area contributed by atoms with Crippen LogP contribution in [0.25, 0.3) is 10.8 Å². The zero-order valence-electron chi connectivity index (χ0n) is 23.8. The van der Waals surface area contributed by atoms with Crippen molar-refractivity contribution in [2.45, 2.75) is 77.0 Å². The number of benzene rings is 3. The van der Waals surface area contributed by atoms with E-state index in [-0.39, 0.29) is 42.3 Å². The fourth-order valence-corrected chi connectivity index (χ4v) is 7.20. The standard InChI is InChI=1S/C33H38N4O3/c1-5-33(6-2)20-28(38)34-22-27(30(37(33)34)24-14-8-7-9-15-24)31(40)36-29(39)19-32(3,4)35(36)21-25-17-12-16-23-13-10-11-18-26(23)25/h7-18,27,30H,5-6,19-22H2,1-4H3/t27-,30-/m1/s1. The summed E-state index contributed by atoms with van der Waals surface area (Å²) in [4.78, 5) is 41.6. The summed E-state index contributed by atoms with van der Waals surface area (Å²) in [5.41, 5.74) is 1.19. The normalized spacial score (nSPS) is 24.3. The van der Waals surface area contributed by atoms with E-state index in [4.69, 9.17) is 0 Å². The van der Waals surface area contributed by atoms with Crippen LogP contribution in [0, 0.1) is 5.92 Å². The van der Waals surface area contributed by atoms with Gasteiger partial charge in [0.25, 0.3) is 5.91 Å². The summed E-state index contributed by atoms with van der Waals surface area (Å²) in [7, 11) is 0. The zero-order valence-corrected chi connectivity index (χ0v) is 23.8. The summed E-state index contributed by atoms with van der Waals surface area (Å²) in [6.45, 7) is 9.01. The Bertz CT molecular complexity index is 1460. The first-order chi connectivity index (χ1) is 19.2. The van der Waals surface area contributed by atoms with Gasteiger partial charge in [-0.2, -0.15) is 0 Å². The molecule has 7 heteroatoms. The fraction of sp³-hybridized carbons (Fsp3) is 0.424. The van der Waals surface area contributed by atoms with Gasteiger partial charge in [-0.3, -0.25) is 19.4 Å². The van der Waals surface area contributed by atoms with Crippen LogP contribution in [0.15, 0.2) is 72.8 Å². The predicted molar refractivity (Wildman–Crippen MR) is 154 cm³/mol. The second kappa shape index (κ2) is 9.82. The summed E-state index contributed by atoms with van der Waals surface area (Å²) >= 11 is 0. The quantitative estimate of drug-likeness (QED) is 0.389. The fourth-order valence-electron chi connectivity index (χ4n) is 7.20. The highest BCUT2D eigenvalue weighted by molar-refractivity contribution is 5.99. The highest BCUT2D eigenvalue weighted by atomic mass is 16.2. The van der Waals surface area contributed by atoms with Gasteiger partial charge in [0.1, 0.15) is 0 Å². The lowest BCUT2D eigenvalue weighted by atomic mass is 9.84. The van der Waals surface area contributed by atoms with Crippen molar-refractivity contribution in [3.05, 3.63) is 83.9 Å². The third-order valence-electron chi connectivity index (χ3n) is 9.47. The largest absolute Gasteiger partial charge is 0.273 e. The van der Waals surface area contributed by atoms with E-state index in [9.17, 15) is 14.4 Å². The second-order valence-electron chi connectivity index (χ2n) is 12.1. The van der Waals surface area contributed by atoms with Crippen LogP contribution in [0.3, 0.4) is 0 Å². The molecule has 3 amide bonds. The van der Waals surface area contributed by atoms with Gasteiger partial charge < -0.3 is 0 Å². The Hall–Kier alpha value is -3.55. The van der Waals surface area contributed by atoms with Gasteiger partial charge in [0.15, 0.2) is 0 Å². The van der Waals surface area contributed by atoms with E-state index in [1.807, 2.05) is 67.4 Å². The molecule has 0 aromatic heterocycles. The first kappa shape index (κ1) is 26.7. The Balaban J connectivity index is 1.40. The molecule has 3 aromatic rings. The molecule has 0 radical (unpaired) electrons. The smallest absolute Gasteiger partial charge is 0.250 e. The lowest BCUT2D eigenvalue weighted by Gasteiger charge is -2.41. The minimum absolute atomic E-state index is 0.0561. The van der Waals surface area contributed by atoms with Crippen LogP contribution in [-0.4, -0.2) is 55.4 Å². The van der Waals surface area contributed by atoms with Gasteiger partial charge >= 0.3 is 0 Å². The topological polar surface area (TPSA) is 64.2 Å². The van der Waals surface area contributed by atoms with Crippen molar-refractivity contribution in [2.24, 2.45) is 5.92 Å². The van der Waals surface area contributed by atoms with Crippen molar-refractivity contribution in [1.29, 1.82) is 0 Å². The van der Waals surface area contributed by atoms with Crippen molar-refractivity contribution < 1.29 is 14.4 Å². The minimum atomic E-state index is -0.558. The Morgan fingerprint density at radius 2 is 1.52 bits per heavy atom. The third kappa shape index (κ3) is 4.06. The molecule has 3 fully saturated rings. The Morgan fingerprint density at radius 1 is 0.850 bits per heavy atom. The predicted octanol–water partition coefficient (Wildman–Crippen LogP) is 5.47. The van der Waals surface area contributed by atoms with Crippen LogP contribution in [0.1, 0.15) is 70.5 Å². The second-order valence-corrected chi connectivity index (χ2v) is 12.1. The number of hydrogen-bond donors (Lipinski definition) is 0. The van der Waals surface area contributed by atoms with E-state index >= 15 is 0 Å². The molecular weight excluding hydrogens is 500 g/mol. The summed E-state index contributed by atoms with van der Waals surface area (Å²) < 4.78 is 0. The monoisotopic (exact) mass is 538 g/mol. The highest BCUT2D eigenvalue weighted by Gasteiger charge is 2.60. The van der Waals surface area contributed by atoms with Crippen molar-refractivity contribution in [3.63, 3.8) is 0 Å². The average Bonchev–Trinajstić information content (AvgIpc) is 3.56. The van der Waals surface area contributed by atoms with Crippen LogP contribution in [0.2, 0.25) is 0 Å². The third-order valence-corrected chi connectivity index (χ3v) is 9.47. The first-order valence-electron chi connectivity index (χ1n) is 14.5. The summed E-state index contributed by atoms with van der Waals surface area (Å²) in [5.74, 6) is -0.918. The number of rotatable bonds is 6. The van der Waals surface area contributed by atoms with E-state index in [0.29, 0.717) is 13.0 Å². The molecule has 3 saturated heterocycles. The molecule has 0 unspecified atom stereocenters. The molecule has 40 heavy (non-hydrogen) atoms. The van der Waals surface area contributed by atoms with Gasteiger partial charge in [0.2, 0.25) is 11.8 Å². The molecule has 3 heterocycles. The minimum Gasteiger partial charge on any atom is -0.273 e. The first-order valence-corrected chi connectivity index (χ1v) is 14.5. The molecule has 3 aliphatic heterocycles. The van der Waals surface area contributed by atoms with Crippen LogP contribution >= 0.6 is 0 Å². The van der Waals surface area contributed by atoms with Gasteiger partial charge in [-0.1, -0.05) is 86.6 Å². The van der Waals surface area contributed by atoms with Crippen LogP contribution in [-0.2, 0) is 20.9 Å². The Morgan fingerprint density at radius 3 is 2.25 bits per heavy atom. The number of hydrogen-bond acceptors (Lipinski definition) is 5. The number of carbonyl (C=O) groups excluding carboxylic acids is 3. The van der Waals surface area contributed by atoms with Crippen LogP contribution < -0.4 is 0 Å². The maximum Gasteiger partial charge on any atom is 0.250 e. The molecular formula is C33H38N4O3. The van der Waals surface area contributed by atoms with Crippen molar-refractivity contribution in [2.75, 3.05) is 6.54 Å². The molecule has 208 valence electrons. The van der Waals surface area contributed by atoms with Crippen LogP contribution in [0.5, 0.6) is 0 Å². The van der Waals surface area contributed by atoms with Crippen LogP contribution in [0.4, 0.5) is 0 Å². The van der Waals surface area contributed by atoms with Crippen molar-refractivity contribution >= 4 is 28.5 Å². The molecule has 0 saturated carbocycles. The summed E-state index contributed by atoms with van der Waals surface area (Å²) in [5, 5.41) is 9.60. The molecule has 0 bridgehead atoms. The molecule has 0 spiro atoms. The number of carbonyl (C=O) groups is 3. The maximum absolute atomic E-state index is 14.6. The van der Waals surface area contributed by atoms with Gasteiger partial charge in [0, 0.05) is 30.5 Å². The lowest BCUT2D eigenvalue weighted by Crippen LogP contribution is -2.53. The van der Waals surface area contributed by atoms with E-state index in [0.717, 1.165) is 34.7 Å². The van der Waals surface area contributed by atoms with Crippen molar-refractivity contribution in [3.8, 4) is 0 Å². The number of imide groups is 1. The van der Waals surface area contributed by atoms with Gasteiger partial charge in [0.05, 0.1) is 18.5 Å². The van der Waals surface area contributed by atoms with Gasteiger partial charge in [-0.15, -0.1) is 0 Å². The van der Waals surface area contributed by atoms with E-state index in [1.165, 1.54) is 5.01 Å². The lowest BCUT2D eigenvalue weighted by molar-refractivity contribution is -0.165.